The summed E-state index contributed by atoms with van der Waals surface area (Å²) in [4.78, 5) is 19.5. The highest BCUT2D eigenvalue weighted by molar-refractivity contribution is 5.65. The average molecular weight is 485 g/mol. The van der Waals surface area contributed by atoms with Crippen LogP contribution in [0.15, 0.2) is 66.7 Å². The lowest BCUT2D eigenvalue weighted by molar-refractivity contribution is -0.113. The van der Waals surface area contributed by atoms with E-state index < -0.39 is 0 Å². The van der Waals surface area contributed by atoms with Crippen molar-refractivity contribution in [2.45, 2.75) is 25.6 Å². The van der Waals surface area contributed by atoms with Crippen LogP contribution in [0.1, 0.15) is 28.3 Å². The van der Waals surface area contributed by atoms with Crippen LogP contribution < -0.4 is 15.0 Å². The lowest BCUT2D eigenvalue weighted by Gasteiger charge is -2.39. The van der Waals surface area contributed by atoms with E-state index in [9.17, 15) is 4.79 Å². The first kappa shape index (κ1) is 24.3. The lowest BCUT2D eigenvalue weighted by Crippen LogP contribution is -2.45. The monoisotopic (exact) mass is 484 g/mol. The van der Waals surface area contributed by atoms with E-state index in [0.29, 0.717) is 0 Å². The molecule has 3 aromatic carbocycles. The molecule has 1 atom stereocenters. The molecule has 5 rings (SSSR count). The Morgan fingerprint density at radius 2 is 1.67 bits per heavy atom. The van der Waals surface area contributed by atoms with Gasteiger partial charge in [-0.3, -0.25) is 4.90 Å². The number of rotatable bonds is 8. The number of ether oxygens (including phenoxy) is 1. The second-order valence-corrected chi connectivity index (χ2v) is 9.80. The zero-order valence-corrected chi connectivity index (χ0v) is 21.3. The van der Waals surface area contributed by atoms with Gasteiger partial charge in [-0.05, 0) is 54.4 Å². The van der Waals surface area contributed by atoms with E-state index in [0.717, 1.165) is 75.5 Å². The minimum absolute atomic E-state index is 0.270. The van der Waals surface area contributed by atoms with Gasteiger partial charge in [-0.1, -0.05) is 42.5 Å². The Morgan fingerprint density at radius 3 is 2.36 bits per heavy atom. The van der Waals surface area contributed by atoms with Gasteiger partial charge in [0.05, 0.1) is 13.2 Å². The van der Waals surface area contributed by atoms with Gasteiger partial charge in [0.2, 0.25) is 0 Å². The molecule has 2 heterocycles. The van der Waals surface area contributed by atoms with E-state index >= 15 is 0 Å². The third kappa shape index (κ3) is 5.25. The smallest absolute Gasteiger partial charge is 0.141 e. The molecule has 0 saturated carbocycles. The maximum absolute atomic E-state index is 12.4. The molecule has 2 aliphatic heterocycles. The van der Waals surface area contributed by atoms with Gasteiger partial charge in [-0.25, -0.2) is 0 Å². The van der Waals surface area contributed by atoms with Gasteiger partial charge in [-0.15, -0.1) is 0 Å². The van der Waals surface area contributed by atoms with Crippen molar-refractivity contribution in [3.8, 4) is 5.75 Å². The van der Waals surface area contributed by atoms with Crippen LogP contribution in [0, 0.1) is 0 Å². The summed E-state index contributed by atoms with van der Waals surface area (Å²) in [5.41, 5.74) is 7.20. The van der Waals surface area contributed by atoms with E-state index in [1.54, 1.807) is 7.11 Å². The Balaban J connectivity index is 1.33. The molecule has 6 heteroatoms. The number of benzene rings is 3. The molecule has 1 saturated heterocycles. The standard InChI is InChI=1S/C30H36N4O2/c1-32-16-18-33(19-17-32)28-12-13-30(36-2)26-14-15-34(21-27(26)28)29(22-35)24-8-10-25(11-9-24)31-20-23-6-4-3-5-7-23/h3-13,22,29,31H,14-21H2,1-2H3/t29-/m1/s1. The molecule has 36 heavy (non-hydrogen) atoms. The summed E-state index contributed by atoms with van der Waals surface area (Å²) in [6.45, 7) is 6.50. The van der Waals surface area contributed by atoms with E-state index in [-0.39, 0.29) is 6.04 Å². The number of carbonyl (C=O) groups excluding carboxylic acids is 1. The number of anilines is 2. The molecule has 6 nitrogen and oxygen atoms in total. The van der Waals surface area contributed by atoms with Crippen molar-refractivity contribution in [1.82, 2.24) is 9.80 Å². The molecule has 0 aliphatic carbocycles. The molecular weight excluding hydrogens is 448 g/mol. The number of methoxy groups -OCH3 is 1. The quantitative estimate of drug-likeness (QED) is 0.480. The van der Waals surface area contributed by atoms with Crippen molar-refractivity contribution in [2.24, 2.45) is 0 Å². The summed E-state index contributed by atoms with van der Waals surface area (Å²) in [6, 6.07) is 22.7. The fourth-order valence-electron chi connectivity index (χ4n) is 5.39. The van der Waals surface area contributed by atoms with Gasteiger partial charge in [-0.2, -0.15) is 0 Å². The normalized spacial score (nSPS) is 17.3. The second kappa shape index (κ2) is 11.1. The molecule has 0 radical (unpaired) electrons. The SMILES string of the molecule is COc1ccc(N2CCN(C)CC2)c2c1CCN([C@H](C=O)c1ccc(NCc3ccccc3)cc1)C2. The average Bonchev–Trinajstić information content (AvgIpc) is 2.93. The first-order valence-electron chi connectivity index (χ1n) is 12.9. The number of fused-ring (bicyclic) bond motifs is 1. The number of likely N-dealkylation sites (N-methyl/N-ethyl adjacent to an activating group) is 1. The molecule has 2 aliphatic rings. The number of aldehydes is 1. The largest absolute Gasteiger partial charge is 0.496 e. The molecule has 3 aromatic rings. The summed E-state index contributed by atoms with van der Waals surface area (Å²) in [5, 5.41) is 3.47. The number of nitrogens with zero attached hydrogens (tertiary/aromatic N) is 3. The van der Waals surface area contributed by atoms with Gasteiger partial charge in [0.1, 0.15) is 12.0 Å². The number of hydrogen-bond donors (Lipinski definition) is 1. The van der Waals surface area contributed by atoms with Gasteiger partial charge in [0.15, 0.2) is 0 Å². The topological polar surface area (TPSA) is 48.1 Å². The maximum atomic E-state index is 12.4. The Bertz CT molecular complexity index is 1160. The Labute approximate surface area is 214 Å². The molecular formula is C30H36N4O2. The van der Waals surface area contributed by atoms with Crippen LogP contribution in [-0.2, 0) is 24.3 Å². The lowest BCUT2D eigenvalue weighted by atomic mass is 9.93. The number of carbonyl (C=O) groups is 1. The molecule has 0 unspecified atom stereocenters. The molecule has 188 valence electrons. The first-order chi connectivity index (χ1) is 17.7. The summed E-state index contributed by atoms with van der Waals surface area (Å²) in [5.74, 6) is 0.957. The summed E-state index contributed by atoms with van der Waals surface area (Å²) in [7, 11) is 3.93. The Hall–Kier alpha value is -3.35. The zero-order valence-electron chi connectivity index (χ0n) is 21.3. The van der Waals surface area contributed by atoms with Gasteiger partial charge < -0.3 is 24.6 Å². The highest BCUT2D eigenvalue weighted by Gasteiger charge is 2.30. The second-order valence-electron chi connectivity index (χ2n) is 9.80. The third-order valence-corrected chi connectivity index (χ3v) is 7.55. The minimum atomic E-state index is -0.270. The Morgan fingerprint density at radius 1 is 0.917 bits per heavy atom. The highest BCUT2D eigenvalue weighted by Crippen LogP contribution is 2.38. The number of hydrogen-bond acceptors (Lipinski definition) is 6. The van der Waals surface area contributed by atoms with E-state index in [2.05, 4.69) is 87.7 Å². The molecule has 0 aromatic heterocycles. The van der Waals surface area contributed by atoms with Crippen LogP contribution in [0.2, 0.25) is 0 Å². The van der Waals surface area contributed by atoms with E-state index in [1.165, 1.54) is 22.4 Å². The van der Waals surface area contributed by atoms with Crippen LogP contribution in [-0.4, -0.2) is 63.0 Å². The van der Waals surface area contributed by atoms with Crippen LogP contribution >= 0.6 is 0 Å². The number of nitrogens with one attached hydrogen (secondary N) is 1. The van der Waals surface area contributed by atoms with E-state index in [1.807, 2.05) is 6.07 Å². The van der Waals surface area contributed by atoms with Gasteiger partial charge >= 0.3 is 0 Å². The Kier molecular flexibility index (Phi) is 7.54. The van der Waals surface area contributed by atoms with Crippen LogP contribution in [0.25, 0.3) is 0 Å². The van der Waals surface area contributed by atoms with Crippen molar-refractivity contribution in [3.63, 3.8) is 0 Å². The number of piperazine rings is 1. The van der Waals surface area contributed by atoms with Crippen molar-refractivity contribution < 1.29 is 9.53 Å². The van der Waals surface area contributed by atoms with Crippen molar-refractivity contribution in [1.29, 1.82) is 0 Å². The fourth-order valence-corrected chi connectivity index (χ4v) is 5.39. The van der Waals surface area contributed by atoms with Crippen LogP contribution in [0.4, 0.5) is 11.4 Å². The molecule has 0 bridgehead atoms. The van der Waals surface area contributed by atoms with Gasteiger partial charge in [0, 0.05) is 62.8 Å². The predicted molar refractivity (Wildman–Crippen MR) is 146 cm³/mol. The van der Waals surface area contributed by atoms with Gasteiger partial charge in [0.25, 0.3) is 0 Å². The maximum Gasteiger partial charge on any atom is 0.141 e. The third-order valence-electron chi connectivity index (χ3n) is 7.55. The van der Waals surface area contributed by atoms with Crippen LogP contribution in [0.3, 0.4) is 0 Å². The fraction of sp³-hybridized carbons (Fsp3) is 0.367. The van der Waals surface area contributed by atoms with Crippen molar-refractivity contribution in [2.75, 3.05) is 57.1 Å². The van der Waals surface area contributed by atoms with Crippen molar-refractivity contribution >= 4 is 17.7 Å². The molecule has 0 amide bonds. The molecule has 1 N–H and O–H groups in total. The predicted octanol–water partition coefficient (Wildman–Crippen LogP) is 4.36. The van der Waals surface area contributed by atoms with Crippen LogP contribution in [0.5, 0.6) is 5.75 Å². The minimum Gasteiger partial charge on any atom is -0.496 e. The molecule has 1 fully saturated rings. The highest BCUT2D eigenvalue weighted by atomic mass is 16.5. The first-order valence-corrected chi connectivity index (χ1v) is 12.9. The van der Waals surface area contributed by atoms with E-state index in [4.69, 9.17) is 4.74 Å². The summed E-state index contributed by atoms with van der Waals surface area (Å²) >= 11 is 0. The summed E-state index contributed by atoms with van der Waals surface area (Å²) < 4.78 is 5.73. The van der Waals surface area contributed by atoms with Crippen molar-refractivity contribution in [3.05, 3.63) is 89.0 Å². The zero-order chi connectivity index (χ0) is 24.9. The summed E-state index contributed by atoms with van der Waals surface area (Å²) in [6.07, 6.45) is 1.97. The molecule has 0 spiro atoms.